The molecule has 2 rings (SSSR count). The zero-order valence-corrected chi connectivity index (χ0v) is 11.8. The number of nitrogens with zero attached hydrogens (tertiary/aromatic N) is 1. The van der Waals surface area contributed by atoms with Gasteiger partial charge in [0.2, 0.25) is 0 Å². The minimum atomic E-state index is -0.278. The van der Waals surface area contributed by atoms with Crippen LogP contribution in [0.5, 0.6) is 5.75 Å². The predicted octanol–water partition coefficient (Wildman–Crippen LogP) is 1.32. The number of amides is 1. The van der Waals surface area contributed by atoms with E-state index < -0.39 is 0 Å². The molecule has 21 heavy (non-hydrogen) atoms. The minimum Gasteiger partial charge on any atom is -0.484 e. The molecule has 6 nitrogen and oxygen atoms in total. The fourth-order valence-electron chi connectivity index (χ4n) is 1.66. The predicted molar refractivity (Wildman–Crippen MR) is 80.7 cm³/mol. The number of carbonyl (C=O) groups is 1. The lowest BCUT2D eigenvalue weighted by Crippen LogP contribution is -2.33. The molecular weight excluding hydrogens is 268 g/mol. The molecule has 6 heteroatoms. The summed E-state index contributed by atoms with van der Waals surface area (Å²) in [6.45, 7) is 0.736. The van der Waals surface area contributed by atoms with Gasteiger partial charge in [-0.3, -0.25) is 15.6 Å². The van der Waals surface area contributed by atoms with Crippen molar-refractivity contribution < 1.29 is 9.53 Å². The van der Waals surface area contributed by atoms with Crippen molar-refractivity contribution in [2.45, 2.75) is 6.54 Å². The Bertz CT molecular complexity index is 558. The second-order valence-electron chi connectivity index (χ2n) is 4.35. The highest BCUT2D eigenvalue weighted by molar-refractivity contribution is 5.78. The van der Waals surface area contributed by atoms with E-state index in [-0.39, 0.29) is 12.5 Å². The Labute approximate surface area is 123 Å². The molecule has 110 valence electrons. The fraction of sp³-hybridized carbons (Fsp3) is 0.200. The number of aromatic nitrogens is 1. The molecule has 0 atom stereocenters. The number of benzene rings is 1. The second kappa shape index (κ2) is 7.86. The van der Waals surface area contributed by atoms with E-state index in [1.807, 2.05) is 37.4 Å². The molecule has 0 radical (unpaired) electrons. The van der Waals surface area contributed by atoms with E-state index in [1.165, 1.54) is 0 Å². The van der Waals surface area contributed by atoms with Crippen molar-refractivity contribution in [3.05, 3.63) is 54.2 Å². The van der Waals surface area contributed by atoms with Crippen LogP contribution in [0.15, 0.2) is 48.7 Å². The molecule has 2 aromatic rings. The number of pyridine rings is 1. The average Bonchev–Trinajstić information content (AvgIpc) is 2.53. The summed E-state index contributed by atoms with van der Waals surface area (Å²) in [5.74, 6) is 0.949. The van der Waals surface area contributed by atoms with Crippen molar-refractivity contribution in [2.24, 2.45) is 0 Å². The summed E-state index contributed by atoms with van der Waals surface area (Å²) in [5, 5.41) is 3.07. The van der Waals surface area contributed by atoms with Gasteiger partial charge in [0.05, 0.1) is 0 Å². The van der Waals surface area contributed by atoms with E-state index in [9.17, 15) is 4.79 Å². The van der Waals surface area contributed by atoms with Crippen molar-refractivity contribution in [2.75, 3.05) is 19.1 Å². The van der Waals surface area contributed by atoms with Crippen LogP contribution >= 0.6 is 0 Å². The van der Waals surface area contributed by atoms with Crippen LogP contribution < -0.4 is 20.9 Å². The molecule has 1 amide bonds. The first-order valence-corrected chi connectivity index (χ1v) is 6.60. The summed E-state index contributed by atoms with van der Waals surface area (Å²) in [5.41, 5.74) is 6.38. The summed E-state index contributed by atoms with van der Waals surface area (Å²) >= 11 is 0. The standard InChI is InChI=1S/C15H18N4O2/c1-16-10-12-5-7-13(8-6-12)21-11-15(20)19-18-14-4-2-3-9-17-14/h2-9,16H,10-11H2,1H3,(H,17,18)(H,19,20). The largest absolute Gasteiger partial charge is 0.484 e. The van der Waals surface area contributed by atoms with Gasteiger partial charge in [0.1, 0.15) is 11.6 Å². The molecular formula is C15H18N4O2. The highest BCUT2D eigenvalue weighted by Crippen LogP contribution is 2.11. The maximum atomic E-state index is 11.6. The third kappa shape index (κ3) is 5.12. The van der Waals surface area contributed by atoms with E-state index in [1.54, 1.807) is 18.3 Å². The maximum Gasteiger partial charge on any atom is 0.276 e. The maximum absolute atomic E-state index is 11.6. The molecule has 0 aliphatic carbocycles. The Balaban J connectivity index is 1.73. The molecule has 0 spiro atoms. The lowest BCUT2D eigenvalue weighted by Gasteiger charge is -2.09. The molecule has 0 bridgehead atoms. The van der Waals surface area contributed by atoms with E-state index >= 15 is 0 Å². The monoisotopic (exact) mass is 286 g/mol. The Morgan fingerprint density at radius 2 is 2.00 bits per heavy atom. The van der Waals surface area contributed by atoms with Crippen LogP contribution in [0.3, 0.4) is 0 Å². The number of rotatable bonds is 7. The molecule has 1 heterocycles. The number of hydrogen-bond acceptors (Lipinski definition) is 5. The lowest BCUT2D eigenvalue weighted by atomic mass is 10.2. The summed E-state index contributed by atoms with van der Waals surface area (Å²) in [6, 6.07) is 13.0. The van der Waals surface area contributed by atoms with E-state index in [0.29, 0.717) is 11.6 Å². The lowest BCUT2D eigenvalue weighted by molar-refractivity contribution is -0.122. The van der Waals surface area contributed by atoms with Crippen molar-refractivity contribution in [3.63, 3.8) is 0 Å². The number of anilines is 1. The Hall–Kier alpha value is -2.60. The first-order chi connectivity index (χ1) is 10.3. The number of hydrogen-bond donors (Lipinski definition) is 3. The molecule has 0 aliphatic heterocycles. The fourth-order valence-corrected chi connectivity index (χ4v) is 1.66. The third-order valence-electron chi connectivity index (χ3n) is 2.67. The molecule has 3 N–H and O–H groups in total. The van der Waals surface area contributed by atoms with Gasteiger partial charge in [0, 0.05) is 12.7 Å². The summed E-state index contributed by atoms with van der Waals surface area (Å²) in [6.07, 6.45) is 1.64. The Morgan fingerprint density at radius 1 is 1.19 bits per heavy atom. The molecule has 0 fully saturated rings. The van der Waals surface area contributed by atoms with E-state index in [4.69, 9.17) is 4.74 Å². The van der Waals surface area contributed by atoms with Gasteiger partial charge < -0.3 is 10.1 Å². The van der Waals surface area contributed by atoms with Crippen molar-refractivity contribution >= 4 is 11.7 Å². The van der Waals surface area contributed by atoms with E-state index in [0.717, 1.165) is 12.1 Å². The molecule has 0 aliphatic rings. The summed E-state index contributed by atoms with van der Waals surface area (Å²) in [4.78, 5) is 15.6. The van der Waals surface area contributed by atoms with Gasteiger partial charge >= 0.3 is 0 Å². The van der Waals surface area contributed by atoms with Crippen LogP contribution in [-0.4, -0.2) is 24.5 Å². The Kier molecular flexibility index (Phi) is 5.54. The summed E-state index contributed by atoms with van der Waals surface area (Å²) in [7, 11) is 1.89. The van der Waals surface area contributed by atoms with Crippen LogP contribution in [-0.2, 0) is 11.3 Å². The molecule has 0 unspecified atom stereocenters. The normalized spacial score (nSPS) is 9.95. The quantitative estimate of drug-likeness (QED) is 0.669. The zero-order valence-electron chi connectivity index (χ0n) is 11.8. The topological polar surface area (TPSA) is 75.3 Å². The minimum absolute atomic E-state index is 0.0643. The molecule has 0 saturated carbocycles. The molecule has 1 aromatic carbocycles. The Morgan fingerprint density at radius 3 is 2.67 bits per heavy atom. The van der Waals surface area contributed by atoms with Gasteiger partial charge in [0.25, 0.3) is 5.91 Å². The first-order valence-electron chi connectivity index (χ1n) is 6.60. The van der Waals surface area contributed by atoms with Gasteiger partial charge in [-0.1, -0.05) is 18.2 Å². The van der Waals surface area contributed by atoms with Crippen molar-refractivity contribution in [3.8, 4) is 5.75 Å². The second-order valence-corrected chi connectivity index (χ2v) is 4.35. The number of nitrogens with one attached hydrogen (secondary N) is 3. The van der Waals surface area contributed by atoms with Crippen molar-refractivity contribution in [1.82, 2.24) is 15.7 Å². The van der Waals surface area contributed by atoms with Crippen LogP contribution in [0.4, 0.5) is 5.82 Å². The van der Waals surface area contributed by atoms with Gasteiger partial charge in [-0.05, 0) is 36.9 Å². The number of hydrazine groups is 1. The van der Waals surface area contributed by atoms with Gasteiger partial charge in [0.15, 0.2) is 6.61 Å². The first kappa shape index (κ1) is 14.8. The van der Waals surface area contributed by atoms with Crippen LogP contribution in [0.1, 0.15) is 5.56 Å². The van der Waals surface area contributed by atoms with Gasteiger partial charge in [-0.25, -0.2) is 4.98 Å². The van der Waals surface area contributed by atoms with Gasteiger partial charge in [-0.2, -0.15) is 0 Å². The molecule has 1 aromatic heterocycles. The zero-order chi connectivity index (χ0) is 14.9. The molecule has 0 saturated heterocycles. The smallest absolute Gasteiger partial charge is 0.276 e. The third-order valence-corrected chi connectivity index (χ3v) is 2.67. The van der Waals surface area contributed by atoms with Crippen LogP contribution in [0, 0.1) is 0 Å². The number of ether oxygens (including phenoxy) is 1. The number of carbonyl (C=O) groups excluding carboxylic acids is 1. The van der Waals surface area contributed by atoms with Crippen LogP contribution in [0.2, 0.25) is 0 Å². The van der Waals surface area contributed by atoms with Crippen molar-refractivity contribution in [1.29, 1.82) is 0 Å². The average molecular weight is 286 g/mol. The highest BCUT2D eigenvalue weighted by atomic mass is 16.5. The van der Waals surface area contributed by atoms with Crippen LogP contribution in [0.25, 0.3) is 0 Å². The SMILES string of the molecule is CNCc1ccc(OCC(=O)NNc2ccccn2)cc1. The van der Waals surface area contributed by atoms with Gasteiger partial charge in [-0.15, -0.1) is 0 Å². The highest BCUT2D eigenvalue weighted by Gasteiger charge is 2.02. The van der Waals surface area contributed by atoms with E-state index in [2.05, 4.69) is 21.2 Å². The summed E-state index contributed by atoms with van der Waals surface area (Å²) < 4.78 is 5.40.